The first kappa shape index (κ1) is 15.9. The van der Waals surface area contributed by atoms with Crippen LogP contribution < -0.4 is 5.73 Å². The minimum Gasteiger partial charge on any atom is -0.465 e. The van der Waals surface area contributed by atoms with Crippen molar-refractivity contribution in [3.8, 4) is 0 Å². The predicted octanol–water partition coefficient (Wildman–Crippen LogP) is 0.975. The summed E-state index contributed by atoms with van der Waals surface area (Å²) in [4.78, 5) is 11.8. The second kappa shape index (κ2) is 6.55. The summed E-state index contributed by atoms with van der Waals surface area (Å²) < 4.78 is 31.8. The first-order valence-electron chi connectivity index (χ1n) is 6.91. The molecule has 116 valence electrons. The Labute approximate surface area is 124 Å². The molecule has 1 saturated heterocycles. The van der Waals surface area contributed by atoms with Gasteiger partial charge in [-0.1, -0.05) is 18.6 Å². The summed E-state index contributed by atoms with van der Waals surface area (Å²) in [6, 6.07) is 5.89. The van der Waals surface area contributed by atoms with Gasteiger partial charge in [0.25, 0.3) is 0 Å². The van der Waals surface area contributed by atoms with E-state index in [0.717, 1.165) is 19.3 Å². The van der Waals surface area contributed by atoms with Gasteiger partial charge in [-0.15, -0.1) is 0 Å². The van der Waals surface area contributed by atoms with Crippen LogP contribution >= 0.6 is 0 Å². The molecule has 2 rings (SSSR count). The van der Waals surface area contributed by atoms with E-state index in [-0.39, 0.29) is 23.0 Å². The number of nitrogens with zero attached hydrogens (tertiary/aromatic N) is 1. The minimum atomic E-state index is -3.76. The van der Waals surface area contributed by atoms with Crippen molar-refractivity contribution >= 4 is 16.0 Å². The fourth-order valence-electron chi connectivity index (χ4n) is 2.62. The molecule has 0 spiro atoms. The lowest BCUT2D eigenvalue weighted by atomic mass is 10.1. The maximum atomic E-state index is 12.9. The van der Waals surface area contributed by atoms with E-state index >= 15 is 0 Å². The molecule has 1 aromatic carbocycles. The maximum absolute atomic E-state index is 12.9. The number of ether oxygens (including phenoxy) is 1. The van der Waals surface area contributed by atoms with Crippen molar-refractivity contribution in [2.75, 3.05) is 20.2 Å². The van der Waals surface area contributed by atoms with Gasteiger partial charge < -0.3 is 10.5 Å². The maximum Gasteiger partial charge on any atom is 0.339 e. The molecule has 1 heterocycles. The van der Waals surface area contributed by atoms with Gasteiger partial charge in [0.15, 0.2) is 0 Å². The summed E-state index contributed by atoms with van der Waals surface area (Å²) in [7, 11) is -2.53. The highest BCUT2D eigenvalue weighted by Crippen LogP contribution is 2.27. The number of rotatable bonds is 4. The molecule has 1 unspecified atom stereocenters. The zero-order chi connectivity index (χ0) is 15.5. The van der Waals surface area contributed by atoms with E-state index in [2.05, 4.69) is 4.74 Å². The molecule has 7 heteroatoms. The number of piperidine rings is 1. The summed E-state index contributed by atoms with van der Waals surface area (Å²) in [6.45, 7) is 0.708. The molecule has 0 aromatic heterocycles. The van der Waals surface area contributed by atoms with Crippen LogP contribution in [0.25, 0.3) is 0 Å². The first-order valence-corrected chi connectivity index (χ1v) is 8.35. The van der Waals surface area contributed by atoms with Crippen molar-refractivity contribution < 1.29 is 17.9 Å². The molecular formula is C14H20N2O4S. The number of carbonyl (C=O) groups is 1. The summed E-state index contributed by atoms with van der Waals surface area (Å²) >= 11 is 0. The Morgan fingerprint density at radius 2 is 2.10 bits per heavy atom. The molecule has 0 aliphatic carbocycles. The normalized spacial score (nSPS) is 20.2. The van der Waals surface area contributed by atoms with Crippen molar-refractivity contribution in [3.63, 3.8) is 0 Å². The quantitative estimate of drug-likeness (QED) is 0.837. The molecule has 0 bridgehead atoms. The van der Waals surface area contributed by atoms with Crippen LogP contribution in [0, 0.1) is 0 Å². The molecule has 1 aliphatic rings. The average molecular weight is 312 g/mol. The van der Waals surface area contributed by atoms with Gasteiger partial charge >= 0.3 is 5.97 Å². The Bertz CT molecular complexity index is 615. The zero-order valence-corrected chi connectivity index (χ0v) is 12.8. The largest absolute Gasteiger partial charge is 0.465 e. The van der Waals surface area contributed by atoms with Crippen molar-refractivity contribution in [1.82, 2.24) is 4.31 Å². The Balaban J connectivity index is 2.46. The number of benzene rings is 1. The van der Waals surface area contributed by atoms with E-state index in [9.17, 15) is 13.2 Å². The van der Waals surface area contributed by atoms with Crippen LogP contribution in [0.15, 0.2) is 29.2 Å². The van der Waals surface area contributed by atoms with Crippen molar-refractivity contribution in [2.45, 2.75) is 30.2 Å². The van der Waals surface area contributed by atoms with Gasteiger partial charge in [0.2, 0.25) is 10.0 Å². The number of hydrogen-bond acceptors (Lipinski definition) is 5. The molecule has 0 saturated carbocycles. The predicted molar refractivity (Wildman–Crippen MR) is 78.4 cm³/mol. The van der Waals surface area contributed by atoms with Gasteiger partial charge in [-0.2, -0.15) is 4.31 Å². The zero-order valence-electron chi connectivity index (χ0n) is 12.0. The smallest absolute Gasteiger partial charge is 0.339 e. The SMILES string of the molecule is COC(=O)c1ccccc1S(=O)(=O)N1CCCCC1CN. The highest BCUT2D eigenvalue weighted by molar-refractivity contribution is 7.89. The molecule has 2 N–H and O–H groups in total. The molecule has 1 atom stereocenters. The van der Waals surface area contributed by atoms with E-state index in [1.807, 2.05) is 0 Å². The van der Waals surface area contributed by atoms with Crippen molar-refractivity contribution in [2.24, 2.45) is 5.73 Å². The van der Waals surface area contributed by atoms with Crippen molar-refractivity contribution in [3.05, 3.63) is 29.8 Å². The standard InChI is InChI=1S/C14H20N2O4S/c1-20-14(17)12-7-2-3-8-13(12)21(18,19)16-9-5-4-6-11(16)10-15/h2-3,7-8,11H,4-6,9-10,15H2,1H3. The van der Waals surface area contributed by atoms with Gasteiger partial charge in [0.05, 0.1) is 17.6 Å². The highest BCUT2D eigenvalue weighted by atomic mass is 32.2. The van der Waals surface area contributed by atoms with E-state index in [4.69, 9.17) is 5.73 Å². The van der Waals surface area contributed by atoms with Gasteiger partial charge in [-0.3, -0.25) is 0 Å². The van der Waals surface area contributed by atoms with Crippen LogP contribution in [0.4, 0.5) is 0 Å². The summed E-state index contributed by atoms with van der Waals surface area (Å²) in [5, 5.41) is 0. The van der Waals surface area contributed by atoms with Crippen LogP contribution in [0.1, 0.15) is 29.6 Å². The van der Waals surface area contributed by atoms with Gasteiger partial charge in [0.1, 0.15) is 0 Å². The van der Waals surface area contributed by atoms with Crippen LogP contribution in [-0.2, 0) is 14.8 Å². The van der Waals surface area contributed by atoms with Gasteiger partial charge in [-0.25, -0.2) is 13.2 Å². The molecule has 6 nitrogen and oxygen atoms in total. The van der Waals surface area contributed by atoms with Crippen LogP contribution in [0.2, 0.25) is 0 Å². The van der Waals surface area contributed by atoms with Crippen LogP contribution in [0.5, 0.6) is 0 Å². The number of nitrogens with two attached hydrogens (primary N) is 1. The van der Waals surface area contributed by atoms with E-state index in [1.165, 1.54) is 23.5 Å². The molecule has 0 amide bonds. The second-order valence-electron chi connectivity index (χ2n) is 4.99. The minimum absolute atomic E-state index is 0.0165. The number of sulfonamides is 1. The lowest BCUT2D eigenvalue weighted by molar-refractivity contribution is 0.0596. The summed E-state index contributed by atoms with van der Waals surface area (Å²) in [5.41, 5.74) is 5.75. The Morgan fingerprint density at radius 3 is 2.76 bits per heavy atom. The number of carbonyl (C=O) groups excluding carboxylic acids is 1. The third-order valence-electron chi connectivity index (χ3n) is 3.72. The molecule has 21 heavy (non-hydrogen) atoms. The van der Waals surface area contributed by atoms with E-state index in [0.29, 0.717) is 6.54 Å². The molecule has 0 radical (unpaired) electrons. The third kappa shape index (κ3) is 3.09. The van der Waals surface area contributed by atoms with Crippen molar-refractivity contribution in [1.29, 1.82) is 0 Å². The number of hydrogen-bond donors (Lipinski definition) is 1. The molecular weight excluding hydrogens is 292 g/mol. The van der Waals surface area contributed by atoms with Crippen LogP contribution in [-0.4, -0.2) is 44.9 Å². The van der Waals surface area contributed by atoms with E-state index < -0.39 is 16.0 Å². The number of esters is 1. The molecule has 1 aliphatic heterocycles. The first-order chi connectivity index (χ1) is 10.0. The topological polar surface area (TPSA) is 89.7 Å². The number of methoxy groups -OCH3 is 1. The van der Waals surface area contributed by atoms with Gasteiger partial charge in [0, 0.05) is 19.1 Å². The monoisotopic (exact) mass is 312 g/mol. The Kier molecular flexibility index (Phi) is 4.97. The Morgan fingerprint density at radius 1 is 1.38 bits per heavy atom. The molecule has 1 aromatic rings. The van der Waals surface area contributed by atoms with Gasteiger partial charge in [-0.05, 0) is 25.0 Å². The average Bonchev–Trinajstić information content (AvgIpc) is 2.54. The second-order valence-corrected chi connectivity index (χ2v) is 6.85. The lowest BCUT2D eigenvalue weighted by Crippen LogP contribution is -2.47. The fraction of sp³-hybridized carbons (Fsp3) is 0.500. The summed E-state index contributed by atoms with van der Waals surface area (Å²) in [6.07, 6.45) is 2.51. The fourth-order valence-corrected chi connectivity index (χ4v) is 4.51. The summed E-state index contributed by atoms with van der Waals surface area (Å²) in [5.74, 6) is -0.657. The lowest BCUT2D eigenvalue weighted by Gasteiger charge is -2.34. The third-order valence-corrected chi connectivity index (χ3v) is 5.73. The van der Waals surface area contributed by atoms with Crippen LogP contribution in [0.3, 0.4) is 0 Å². The molecule has 1 fully saturated rings. The Hall–Kier alpha value is -1.44. The van der Waals surface area contributed by atoms with E-state index in [1.54, 1.807) is 12.1 Å². The highest BCUT2D eigenvalue weighted by Gasteiger charge is 2.35.